The molecule has 0 bridgehead atoms. The standard InChI is InChI=1S/C31H43FN6O3/c1-36-13-4-5-20(36)8-10-35-31(40)22-18-38-25-6-2-3-7-26(25)41-30-27(38)21(29(22)39)15-23(32)28(30)37-14-9-19(17-37)24-16-33-11-12-34-24/h11-12,16,18-21,23,25-28,30H,2-10,13-15,17H2,1H3,(H,35,40). The summed E-state index contributed by atoms with van der Waals surface area (Å²) in [4.78, 5) is 42.9. The first-order valence-corrected chi connectivity index (χ1v) is 15.8. The molecule has 0 aromatic carbocycles. The molecule has 222 valence electrons. The van der Waals surface area contributed by atoms with Crippen molar-refractivity contribution >= 4 is 11.7 Å². The van der Waals surface area contributed by atoms with Gasteiger partial charge in [-0.25, -0.2) is 4.39 Å². The van der Waals surface area contributed by atoms with Crippen LogP contribution in [0.2, 0.25) is 0 Å². The molecule has 3 saturated heterocycles. The van der Waals surface area contributed by atoms with Gasteiger partial charge in [0.15, 0.2) is 5.78 Å². The molecule has 1 aromatic rings. The second kappa shape index (κ2) is 11.3. The Kier molecular flexibility index (Phi) is 7.58. The summed E-state index contributed by atoms with van der Waals surface area (Å²) >= 11 is 0. The van der Waals surface area contributed by atoms with Crippen LogP contribution in [0.3, 0.4) is 0 Å². The fourth-order valence-electron chi connectivity index (χ4n) is 8.77. The summed E-state index contributed by atoms with van der Waals surface area (Å²) in [6, 6.07) is -0.0555. The number of fused-ring (bicyclic) bond motifs is 2. The Morgan fingerprint density at radius 3 is 2.80 bits per heavy atom. The molecule has 1 N–H and O–H groups in total. The average molecular weight is 567 g/mol. The van der Waals surface area contributed by atoms with Crippen molar-refractivity contribution in [3.8, 4) is 0 Å². The van der Waals surface area contributed by atoms with Crippen molar-refractivity contribution in [3.05, 3.63) is 36.1 Å². The van der Waals surface area contributed by atoms with E-state index in [1.807, 2.05) is 12.4 Å². The van der Waals surface area contributed by atoms with Crippen LogP contribution in [0.4, 0.5) is 4.39 Å². The minimum absolute atomic E-state index is 0.0106. The number of carbonyl (C=O) groups is 2. The highest BCUT2D eigenvalue weighted by Gasteiger charge is 2.60. The Bertz CT molecular complexity index is 1170. The number of morpholine rings is 1. The van der Waals surface area contributed by atoms with E-state index < -0.39 is 24.2 Å². The predicted octanol–water partition coefficient (Wildman–Crippen LogP) is 2.44. The van der Waals surface area contributed by atoms with E-state index in [0.29, 0.717) is 19.1 Å². The molecule has 0 radical (unpaired) electrons. The second-order valence-electron chi connectivity index (χ2n) is 13.1. The van der Waals surface area contributed by atoms with Gasteiger partial charge in [0, 0.05) is 55.8 Å². The lowest BCUT2D eigenvalue weighted by atomic mass is 9.69. The zero-order chi connectivity index (χ0) is 28.1. The summed E-state index contributed by atoms with van der Waals surface area (Å²) in [5, 5.41) is 3.03. The van der Waals surface area contributed by atoms with E-state index in [9.17, 15) is 9.59 Å². The summed E-state index contributed by atoms with van der Waals surface area (Å²) in [5.41, 5.74) is 1.15. The van der Waals surface area contributed by atoms with Crippen molar-refractivity contribution in [2.24, 2.45) is 5.92 Å². The van der Waals surface area contributed by atoms with Crippen LogP contribution in [0.1, 0.15) is 69.4 Å². The predicted molar refractivity (Wildman–Crippen MR) is 151 cm³/mol. The number of aromatic nitrogens is 2. The maximum atomic E-state index is 16.3. The molecule has 10 heteroatoms. The molecule has 1 amide bonds. The van der Waals surface area contributed by atoms with E-state index in [2.05, 4.69) is 37.0 Å². The number of carbonyl (C=O) groups excluding carboxylic acids is 2. The summed E-state index contributed by atoms with van der Waals surface area (Å²) in [6.07, 6.45) is 13.7. The maximum absolute atomic E-state index is 16.3. The summed E-state index contributed by atoms with van der Waals surface area (Å²) in [5.74, 6) is -0.889. The number of rotatable bonds is 6. The maximum Gasteiger partial charge on any atom is 0.256 e. The van der Waals surface area contributed by atoms with Crippen molar-refractivity contribution < 1.29 is 18.7 Å². The van der Waals surface area contributed by atoms with E-state index in [1.165, 1.54) is 6.42 Å². The van der Waals surface area contributed by atoms with Gasteiger partial charge in [-0.1, -0.05) is 12.8 Å². The third kappa shape index (κ3) is 4.99. The Hall–Kier alpha value is -2.43. The molecule has 6 aliphatic rings. The molecule has 9 atom stereocenters. The monoisotopic (exact) mass is 566 g/mol. The van der Waals surface area contributed by atoms with Crippen LogP contribution in [0.15, 0.2) is 30.4 Å². The van der Waals surface area contributed by atoms with Crippen LogP contribution in [0.5, 0.6) is 0 Å². The lowest BCUT2D eigenvalue weighted by molar-refractivity contribution is -0.209. The normalized spacial score (nSPS) is 39.3. The highest BCUT2D eigenvalue weighted by Crippen LogP contribution is 2.47. The first-order chi connectivity index (χ1) is 20.0. The van der Waals surface area contributed by atoms with Crippen LogP contribution >= 0.6 is 0 Å². The van der Waals surface area contributed by atoms with Crippen molar-refractivity contribution in [2.75, 3.05) is 33.2 Å². The van der Waals surface area contributed by atoms with Gasteiger partial charge >= 0.3 is 0 Å². The van der Waals surface area contributed by atoms with Crippen LogP contribution in [0.25, 0.3) is 0 Å². The molecule has 4 aliphatic heterocycles. The smallest absolute Gasteiger partial charge is 0.256 e. The fraction of sp³-hybridized carbons (Fsp3) is 0.742. The quantitative estimate of drug-likeness (QED) is 0.526. The van der Waals surface area contributed by atoms with Gasteiger partial charge in [0.2, 0.25) is 0 Å². The molecular formula is C31H43FN6O3. The number of amides is 1. The minimum Gasteiger partial charge on any atom is -0.369 e. The van der Waals surface area contributed by atoms with E-state index in [1.54, 1.807) is 12.4 Å². The number of alkyl halides is 1. The Morgan fingerprint density at radius 1 is 1.12 bits per heavy atom. The summed E-state index contributed by atoms with van der Waals surface area (Å²) in [7, 11) is 2.13. The zero-order valence-electron chi connectivity index (χ0n) is 24.0. The van der Waals surface area contributed by atoms with E-state index in [0.717, 1.165) is 63.7 Å². The molecule has 41 heavy (non-hydrogen) atoms. The number of Topliss-reactive ketones (excluding diaryl/α,β-unsaturated/α-hetero) is 1. The first kappa shape index (κ1) is 27.4. The van der Waals surface area contributed by atoms with E-state index >= 15 is 4.39 Å². The molecule has 7 rings (SSSR count). The molecule has 5 heterocycles. The molecule has 2 saturated carbocycles. The number of hydrogen-bond donors (Lipinski definition) is 1. The Labute approximate surface area is 241 Å². The molecule has 0 spiro atoms. The number of nitrogens with one attached hydrogen (secondary N) is 1. The number of hydrogen-bond acceptors (Lipinski definition) is 8. The second-order valence-corrected chi connectivity index (χ2v) is 13.1. The SMILES string of the molecule is CN1CCCC1CCNC(=O)C1=CN2C3CCCCC3OC3C(N4CCC(c5cnccn5)C4)C(F)CC(C1=O)C32. The van der Waals surface area contributed by atoms with Gasteiger partial charge in [-0.15, -0.1) is 0 Å². The summed E-state index contributed by atoms with van der Waals surface area (Å²) < 4.78 is 23.1. The number of likely N-dealkylation sites (tertiary alicyclic amines) is 2. The van der Waals surface area contributed by atoms with Crippen molar-refractivity contribution in [3.63, 3.8) is 0 Å². The molecule has 5 fully saturated rings. The van der Waals surface area contributed by atoms with Gasteiger partial charge in [0.05, 0.1) is 41.6 Å². The van der Waals surface area contributed by atoms with Crippen molar-refractivity contribution in [2.45, 2.75) is 106 Å². The van der Waals surface area contributed by atoms with Gasteiger partial charge in [0.1, 0.15) is 6.17 Å². The van der Waals surface area contributed by atoms with Crippen LogP contribution in [-0.2, 0) is 14.3 Å². The molecule has 9 unspecified atom stereocenters. The lowest BCUT2D eigenvalue weighted by Crippen LogP contribution is -2.73. The molecule has 2 aliphatic carbocycles. The van der Waals surface area contributed by atoms with Crippen LogP contribution in [-0.4, -0.2) is 112 Å². The largest absolute Gasteiger partial charge is 0.369 e. The Morgan fingerprint density at radius 2 is 2.00 bits per heavy atom. The first-order valence-electron chi connectivity index (χ1n) is 15.8. The number of nitrogens with zero attached hydrogens (tertiary/aromatic N) is 5. The van der Waals surface area contributed by atoms with E-state index in [4.69, 9.17) is 4.74 Å². The topological polar surface area (TPSA) is 90.9 Å². The average Bonchev–Trinajstić information content (AvgIpc) is 3.64. The zero-order valence-corrected chi connectivity index (χ0v) is 24.0. The lowest BCUT2D eigenvalue weighted by Gasteiger charge is -2.60. The van der Waals surface area contributed by atoms with Crippen LogP contribution < -0.4 is 5.32 Å². The number of ether oxygens (including phenoxy) is 1. The third-order valence-electron chi connectivity index (χ3n) is 10.9. The van der Waals surface area contributed by atoms with Gasteiger partial charge in [-0.05, 0) is 65.1 Å². The molecule has 9 nitrogen and oxygen atoms in total. The van der Waals surface area contributed by atoms with Gasteiger partial charge in [0.25, 0.3) is 5.91 Å². The highest BCUT2D eigenvalue weighted by atomic mass is 19.1. The van der Waals surface area contributed by atoms with Gasteiger partial charge in [-0.3, -0.25) is 24.5 Å². The van der Waals surface area contributed by atoms with Gasteiger partial charge < -0.3 is 19.9 Å². The highest BCUT2D eigenvalue weighted by molar-refractivity contribution is 6.20. The molecule has 1 aromatic heterocycles. The summed E-state index contributed by atoms with van der Waals surface area (Å²) in [6.45, 7) is 3.12. The third-order valence-corrected chi connectivity index (χ3v) is 10.9. The van der Waals surface area contributed by atoms with E-state index in [-0.39, 0.29) is 47.8 Å². The van der Waals surface area contributed by atoms with Crippen LogP contribution in [0, 0.1) is 5.92 Å². The van der Waals surface area contributed by atoms with Crippen molar-refractivity contribution in [1.29, 1.82) is 0 Å². The van der Waals surface area contributed by atoms with Gasteiger partial charge in [-0.2, -0.15) is 0 Å². The number of halogens is 1. The van der Waals surface area contributed by atoms with Crippen molar-refractivity contribution in [1.82, 2.24) is 30.0 Å². The molecular weight excluding hydrogens is 523 g/mol. The Balaban J connectivity index is 1.13. The fourth-order valence-corrected chi connectivity index (χ4v) is 8.77. The minimum atomic E-state index is -1.20. The number of ketones is 1.